The SMILES string of the molecule is CC(C)(C)OC(=O)C[C@H]1C[C@H]2COc3ccc(-c4ccc(C(F)(F)F)cc4)cc3C(=O)N2C1. The highest BCUT2D eigenvalue weighted by Crippen LogP contribution is 2.36. The van der Waals surface area contributed by atoms with E-state index in [1.165, 1.54) is 12.1 Å². The summed E-state index contributed by atoms with van der Waals surface area (Å²) in [5.41, 5.74) is 0.280. The Bertz CT molecular complexity index is 1060. The number of rotatable bonds is 3. The number of ether oxygens (including phenoxy) is 2. The van der Waals surface area contributed by atoms with Gasteiger partial charge in [-0.2, -0.15) is 13.2 Å². The predicted octanol–water partition coefficient (Wildman–Crippen LogP) is 5.33. The van der Waals surface area contributed by atoms with Crippen molar-refractivity contribution in [3.63, 3.8) is 0 Å². The van der Waals surface area contributed by atoms with E-state index in [0.29, 0.717) is 42.0 Å². The summed E-state index contributed by atoms with van der Waals surface area (Å²) in [6, 6.07) is 9.76. The van der Waals surface area contributed by atoms with Gasteiger partial charge in [0.2, 0.25) is 0 Å². The van der Waals surface area contributed by atoms with Crippen LogP contribution >= 0.6 is 0 Å². The molecular weight excluding hydrogens is 435 g/mol. The fourth-order valence-corrected chi connectivity index (χ4v) is 4.38. The minimum atomic E-state index is -4.41. The molecule has 0 unspecified atom stereocenters. The van der Waals surface area contributed by atoms with Crippen molar-refractivity contribution < 1.29 is 32.2 Å². The van der Waals surface area contributed by atoms with Gasteiger partial charge in [0, 0.05) is 6.54 Å². The average Bonchev–Trinajstić information content (AvgIpc) is 3.06. The number of carbonyl (C=O) groups is 2. The number of halogens is 3. The lowest BCUT2D eigenvalue weighted by Gasteiger charge is -2.21. The minimum absolute atomic E-state index is 0.0166. The molecule has 33 heavy (non-hydrogen) atoms. The zero-order chi connectivity index (χ0) is 24.0. The van der Waals surface area contributed by atoms with Crippen LogP contribution in [0, 0.1) is 5.92 Å². The van der Waals surface area contributed by atoms with E-state index in [1.54, 1.807) is 23.1 Å². The molecule has 1 saturated heterocycles. The molecular formula is C25H26F3NO4. The first kappa shape index (κ1) is 23.1. The molecule has 1 amide bonds. The second-order valence-corrected chi connectivity index (χ2v) is 9.60. The van der Waals surface area contributed by atoms with Gasteiger partial charge in [0.05, 0.1) is 23.6 Å². The van der Waals surface area contributed by atoms with Crippen molar-refractivity contribution >= 4 is 11.9 Å². The first-order chi connectivity index (χ1) is 15.4. The first-order valence-electron chi connectivity index (χ1n) is 10.9. The first-order valence-corrected chi connectivity index (χ1v) is 10.9. The van der Waals surface area contributed by atoms with Gasteiger partial charge >= 0.3 is 12.1 Å². The van der Waals surface area contributed by atoms with Gasteiger partial charge in [-0.25, -0.2) is 0 Å². The van der Waals surface area contributed by atoms with Crippen LogP contribution < -0.4 is 4.74 Å². The van der Waals surface area contributed by atoms with Crippen molar-refractivity contribution in [1.29, 1.82) is 0 Å². The van der Waals surface area contributed by atoms with E-state index in [9.17, 15) is 22.8 Å². The van der Waals surface area contributed by atoms with E-state index in [2.05, 4.69) is 0 Å². The number of carbonyl (C=O) groups excluding carboxylic acids is 2. The van der Waals surface area contributed by atoms with Crippen molar-refractivity contribution in [3.05, 3.63) is 53.6 Å². The molecule has 0 radical (unpaired) electrons. The molecule has 0 N–H and O–H groups in total. The van der Waals surface area contributed by atoms with Crippen LogP contribution in [0.4, 0.5) is 13.2 Å². The number of esters is 1. The average molecular weight is 461 g/mol. The van der Waals surface area contributed by atoms with Crippen molar-refractivity contribution in [2.75, 3.05) is 13.2 Å². The predicted molar refractivity (Wildman–Crippen MR) is 116 cm³/mol. The second-order valence-electron chi connectivity index (χ2n) is 9.60. The number of hydrogen-bond acceptors (Lipinski definition) is 4. The summed E-state index contributed by atoms with van der Waals surface area (Å²) in [6.45, 7) is 6.19. The Labute approximate surface area is 190 Å². The quantitative estimate of drug-likeness (QED) is 0.580. The van der Waals surface area contributed by atoms with E-state index in [4.69, 9.17) is 9.47 Å². The maximum atomic E-state index is 13.3. The molecule has 2 aliphatic rings. The van der Waals surface area contributed by atoms with E-state index < -0.39 is 17.3 Å². The van der Waals surface area contributed by atoms with Gasteiger partial charge in [0.15, 0.2) is 0 Å². The van der Waals surface area contributed by atoms with Crippen LogP contribution in [0.3, 0.4) is 0 Å². The third-order valence-electron chi connectivity index (χ3n) is 5.82. The van der Waals surface area contributed by atoms with Gasteiger partial charge in [-0.1, -0.05) is 18.2 Å². The molecule has 2 heterocycles. The molecule has 0 saturated carbocycles. The fourth-order valence-electron chi connectivity index (χ4n) is 4.38. The molecule has 176 valence electrons. The van der Waals surface area contributed by atoms with Gasteiger partial charge < -0.3 is 14.4 Å². The molecule has 2 atom stereocenters. The summed E-state index contributed by atoms with van der Waals surface area (Å²) >= 11 is 0. The highest BCUT2D eigenvalue weighted by atomic mass is 19.4. The molecule has 5 nitrogen and oxygen atoms in total. The lowest BCUT2D eigenvalue weighted by Crippen LogP contribution is -2.36. The summed E-state index contributed by atoms with van der Waals surface area (Å²) in [7, 11) is 0. The smallest absolute Gasteiger partial charge is 0.416 e. The van der Waals surface area contributed by atoms with E-state index in [1.807, 2.05) is 20.8 Å². The lowest BCUT2D eigenvalue weighted by molar-refractivity contribution is -0.155. The Balaban J connectivity index is 1.52. The zero-order valence-electron chi connectivity index (χ0n) is 18.7. The van der Waals surface area contributed by atoms with Crippen LogP contribution in [-0.4, -0.2) is 41.6 Å². The zero-order valence-corrected chi connectivity index (χ0v) is 18.7. The van der Waals surface area contributed by atoms with Gasteiger partial charge in [-0.05, 0) is 68.5 Å². The number of benzene rings is 2. The van der Waals surface area contributed by atoms with Crippen molar-refractivity contribution in [2.24, 2.45) is 5.92 Å². The lowest BCUT2D eigenvalue weighted by atomic mass is 10.0. The molecule has 2 aromatic rings. The fraction of sp³-hybridized carbons (Fsp3) is 0.440. The van der Waals surface area contributed by atoms with Crippen LogP contribution in [0.2, 0.25) is 0 Å². The van der Waals surface area contributed by atoms with E-state index in [-0.39, 0.29) is 30.3 Å². The number of amides is 1. The maximum absolute atomic E-state index is 13.3. The number of hydrogen-bond donors (Lipinski definition) is 0. The molecule has 8 heteroatoms. The molecule has 2 aromatic carbocycles. The molecule has 0 bridgehead atoms. The third-order valence-corrected chi connectivity index (χ3v) is 5.82. The highest BCUT2D eigenvalue weighted by molar-refractivity contribution is 5.99. The maximum Gasteiger partial charge on any atom is 0.416 e. The molecule has 2 aliphatic heterocycles. The molecule has 0 aliphatic carbocycles. The summed E-state index contributed by atoms with van der Waals surface area (Å²) < 4.78 is 49.9. The summed E-state index contributed by atoms with van der Waals surface area (Å²) in [6.07, 6.45) is -3.53. The Hall–Kier alpha value is -3.03. The standard InChI is InChI=1S/C25H26F3NO4/c1-24(2,3)33-22(30)11-15-10-19-14-32-21-9-6-17(12-20(21)23(31)29(19)13-15)16-4-7-18(8-5-16)25(26,27)28/h4-9,12,15,19H,10-11,13-14H2,1-3H3/t15-,19+/m1/s1. The minimum Gasteiger partial charge on any atom is -0.491 e. The van der Waals surface area contributed by atoms with Crippen molar-refractivity contribution in [2.45, 2.75) is 51.4 Å². The largest absolute Gasteiger partial charge is 0.491 e. The summed E-state index contributed by atoms with van der Waals surface area (Å²) in [5.74, 6) is -0.0535. The van der Waals surface area contributed by atoms with Crippen molar-refractivity contribution in [1.82, 2.24) is 4.90 Å². The number of fused-ring (bicyclic) bond motifs is 2. The van der Waals surface area contributed by atoms with Gasteiger partial charge in [-0.15, -0.1) is 0 Å². The Kier molecular flexibility index (Phi) is 5.88. The highest BCUT2D eigenvalue weighted by Gasteiger charge is 2.40. The molecule has 0 spiro atoms. The summed E-state index contributed by atoms with van der Waals surface area (Å²) in [5, 5.41) is 0. The Morgan fingerprint density at radius 1 is 1.09 bits per heavy atom. The Morgan fingerprint density at radius 3 is 2.39 bits per heavy atom. The summed E-state index contributed by atoms with van der Waals surface area (Å²) in [4.78, 5) is 27.3. The van der Waals surface area contributed by atoms with Crippen molar-refractivity contribution in [3.8, 4) is 16.9 Å². The van der Waals surface area contributed by atoms with Crippen LogP contribution in [0.15, 0.2) is 42.5 Å². The van der Waals surface area contributed by atoms with Crippen LogP contribution in [0.1, 0.15) is 49.5 Å². The van der Waals surface area contributed by atoms with Crippen LogP contribution in [-0.2, 0) is 15.7 Å². The molecule has 1 fully saturated rings. The number of alkyl halides is 3. The van der Waals surface area contributed by atoms with Gasteiger partial charge in [-0.3, -0.25) is 9.59 Å². The van der Waals surface area contributed by atoms with Crippen LogP contribution in [0.25, 0.3) is 11.1 Å². The number of nitrogens with zero attached hydrogens (tertiary/aromatic N) is 1. The van der Waals surface area contributed by atoms with E-state index >= 15 is 0 Å². The van der Waals surface area contributed by atoms with Crippen LogP contribution in [0.5, 0.6) is 5.75 Å². The topological polar surface area (TPSA) is 55.8 Å². The Morgan fingerprint density at radius 2 is 1.76 bits per heavy atom. The van der Waals surface area contributed by atoms with Gasteiger partial charge in [0.1, 0.15) is 18.0 Å². The normalized spacial score (nSPS) is 20.5. The molecule has 0 aromatic heterocycles. The van der Waals surface area contributed by atoms with Gasteiger partial charge in [0.25, 0.3) is 5.91 Å². The molecule has 4 rings (SSSR count). The third kappa shape index (κ3) is 5.15. The second kappa shape index (κ2) is 8.39. The van der Waals surface area contributed by atoms with E-state index in [0.717, 1.165) is 12.1 Å². The monoisotopic (exact) mass is 461 g/mol.